The van der Waals surface area contributed by atoms with Crippen LogP contribution in [0.25, 0.3) is 6.08 Å². The van der Waals surface area contributed by atoms with Gasteiger partial charge in [-0.2, -0.15) is 0 Å². The van der Waals surface area contributed by atoms with Crippen molar-refractivity contribution < 1.29 is 29.3 Å². The second kappa shape index (κ2) is 20.2. The van der Waals surface area contributed by atoms with Crippen molar-refractivity contribution in [2.45, 2.75) is 104 Å². The number of aliphatic hydroxyl groups is 2. The first-order valence-corrected chi connectivity index (χ1v) is 20.6. The highest BCUT2D eigenvalue weighted by molar-refractivity contribution is 7.10. The monoisotopic (exact) mass is 787 g/mol. The van der Waals surface area contributed by atoms with Crippen molar-refractivity contribution in [2.75, 3.05) is 7.05 Å². The number of hydrogen-bond acceptors (Lipinski definition) is 11. The second-order valence-corrected chi connectivity index (χ2v) is 17.1. The first-order valence-electron chi connectivity index (χ1n) is 18.9. The highest BCUT2D eigenvalue weighted by Gasteiger charge is 2.41. The number of carbonyl (C=O) groups is 2. The van der Waals surface area contributed by atoms with Gasteiger partial charge in [0, 0.05) is 52.9 Å². The lowest BCUT2D eigenvalue weighted by Crippen LogP contribution is -2.42. The molecule has 1 fully saturated rings. The molecule has 9 nitrogen and oxygen atoms in total. The van der Waals surface area contributed by atoms with Crippen molar-refractivity contribution in [2.24, 2.45) is 16.7 Å². The number of hydrogen-bond donors (Lipinski definition) is 2. The van der Waals surface area contributed by atoms with Gasteiger partial charge in [0.05, 0.1) is 17.2 Å². The minimum atomic E-state index is -0.821. The van der Waals surface area contributed by atoms with Gasteiger partial charge in [-0.15, -0.1) is 22.7 Å². The lowest BCUT2D eigenvalue weighted by atomic mass is 9.79. The average molecular weight is 788 g/mol. The third-order valence-corrected chi connectivity index (χ3v) is 11.9. The molecule has 0 saturated carbocycles. The van der Waals surface area contributed by atoms with E-state index >= 15 is 0 Å². The maximum atomic E-state index is 13.4. The molecule has 2 N–H and O–H groups in total. The molecule has 2 aliphatic heterocycles. The van der Waals surface area contributed by atoms with Crippen molar-refractivity contribution in [3.8, 4) is 0 Å². The Balaban J connectivity index is 1.58. The van der Waals surface area contributed by atoms with Gasteiger partial charge in [-0.1, -0.05) is 126 Å². The fourth-order valence-corrected chi connectivity index (χ4v) is 7.73. The minimum Gasteiger partial charge on any atom is -0.457 e. The molecule has 1 saturated heterocycles. The van der Waals surface area contributed by atoms with Crippen molar-refractivity contribution in [3.05, 3.63) is 123 Å². The van der Waals surface area contributed by atoms with E-state index in [9.17, 15) is 19.8 Å². The van der Waals surface area contributed by atoms with Crippen LogP contribution in [0.4, 0.5) is 0 Å². The van der Waals surface area contributed by atoms with Crippen molar-refractivity contribution in [1.82, 2.24) is 14.9 Å². The number of fused-ring (bicyclic) bond motifs is 5. The summed E-state index contributed by atoms with van der Waals surface area (Å²) >= 11 is 2.79. The number of rotatable bonds is 6. The van der Waals surface area contributed by atoms with E-state index in [1.165, 1.54) is 22.7 Å². The summed E-state index contributed by atoms with van der Waals surface area (Å²) in [5.41, 5.74) is -1.03. The van der Waals surface area contributed by atoms with Gasteiger partial charge in [0.15, 0.2) is 11.4 Å². The number of thiazole rings is 2. The number of carbonyl (C=O) groups excluding carboxylic acids is 2. The molecule has 55 heavy (non-hydrogen) atoms. The van der Waals surface area contributed by atoms with Crippen LogP contribution in [0.3, 0.4) is 0 Å². The molecule has 0 amide bonds. The third kappa shape index (κ3) is 12.2. The van der Waals surface area contributed by atoms with Crippen LogP contribution >= 0.6 is 22.7 Å². The lowest BCUT2D eigenvalue weighted by molar-refractivity contribution is -0.0461. The summed E-state index contributed by atoms with van der Waals surface area (Å²) < 4.78 is 12.1. The van der Waals surface area contributed by atoms with Crippen LogP contribution in [0.15, 0.2) is 102 Å². The highest BCUT2D eigenvalue weighted by atomic mass is 32.1. The van der Waals surface area contributed by atoms with Crippen LogP contribution in [0.1, 0.15) is 92.3 Å². The molecule has 4 bridgehead atoms. The Morgan fingerprint density at radius 1 is 0.764 bits per heavy atom. The van der Waals surface area contributed by atoms with Crippen LogP contribution in [0, 0.1) is 16.7 Å². The molecule has 2 aliphatic rings. The topological polar surface area (TPSA) is 122 Å². The van der Waals surface area contributed by atoms with Crippen LogP contribution in [0.2, 0.25) is 0 Å². The van der Waals surface area contributed by atoms with Gasteiger partial charge in [-0.05, 0) is 32.9 Å². The summed E-state index contributed by atoms with van der Waals surface area (Å²) in [6.45, 7) is 13.4. The Morgan fingerprint density at radius 3 is 1.95 bits per heavy atom. The first-order chi connectivity index (χ1) is 26.2. The summed E-state index contributed by atoms with van der Waals surface area (Å²) in [5, 5.41) is 26.8. The smallest absolute Gasteiger partial charge is 0.358 e. The Kier molecular flexibility index (Phi) is 16.1. The van der Waals surface area contributed by atoms with Crippen LogP contribution in [-0.2, 0) is 15.9 Å². The van der Waals surface area contributed by atoms with E-state index in [4.69, 9.17) is 9.47 Å². The molecule has 8 atom stereocenters. The molecule has 1 unspecified atom stereocenters. The van der Waals surface area contributed by atoms with E-state index in [-0.39, 0.29) is 29.4 Å². The van der Waals surface area contributed by atoms with E-state index in [1.54, 1.807) is 35.1 Å². The second-order valence-electron chi connectivity index (χ2n) is 15.2. The molecule has 0 aromatic carbocycles. The summed E-state index contributed by atoms with van der Waals surface area (Å²) in [7, 11) is 2.04. The first kappa shape index (κ1) is 43.7. The van der Waals surface area contributed by atoms with E-state index in [2.05, 4.69) is 40.0 Å². The van der Waals surface area contributed by atoms with Gasteiger partial charge >= 0.3 is 11.9 Å². The van der Waals surface area contributed by atoms with E-state index in [0.29, 0.717) is 24.3 Å². The molecule has 2 aromatic heterocycles. The Labute approximate surface area is 334 Å². The number of cyclic esters (lactones) is 2. The van der Waals surface area contributed by atoms with Gasteiger partial charge in [-0.3, -0.25) is 4.90 Å². The minimum absolute atomic E-state index is 0.162. The highest BCUT2D eigenvalue weighted by Crippen LogP contribution is 2.35. The fourth-order valence-electron chi connectivity index (χ4n) is 6.14. The number of aliphatic hydroxyl groups excluding tert-OH is 2. The van der Waals surface area contributed by atoms with Crippen molar-refractivity contribution in [1.29, 1.82) is 0 Å². The average Bonchev–Trinajstić information content (AvgIpc) is 3.48. The Hall–Kier alpha value is -4.00. The zero-order valence-electron chi connectivity index (χ0n) is 33.2. The van der Waals surface area contributed by atoms with Gasteiger partial charge < -0.3 is 19.7 Å². The lowest BCUT2D eigenvalue weighted by Gasteiger charge is -2.36. The Morgan fingerprint density at radius 2 is 1.31 bits per heavy atom. The van der Waals surface area contributed by atoms with E-state index in [1.807, 2.05) is 103 Å². The standard InChI is InChI=1S/C44H57N3O6S2/c1-9-19-35(48)43(4,5)37-24-15-13-11-12-14-21-30(3)27-40-46-32(29-55-40)42(51)53-38(44(6,7)36(49)20-10-2)25-18-23-34-33(47(34)8)22-16-17-26-39-45-31(28-54-39)41(50)52-37/h9-23,26,28-30,33-38,48-49H,24-25,27H2,1-8H3/b12-11-,15-13-,19-9+,20-10+,21-14+,22-16+,23-18-,26-17-/t30-,33-,34+,35-,36-,37-,38-,47?/m0/s1. The molecule has 4 rings (SSSR count). The maximum absolute atomic E-state index is 13.4. The quantitative estimate of drug-likeness (QED) is 0.168. The number of allylic oxidation sites excluding steroid dienone is 9. The molecular weight excluding hydrogens is 731 g/mol. The Bertz CT molecular complexity index is 1830. The molecule has 2 aromatic rings. The third-order valence-electron chi connectivity index (χ3n) is 10.2. The van der Waals surface area contributed by atoms with E-state index < -0.39 is 47.2 Å². The normalized spacial score (nSPS) is 29.6. The summed E-state index contributed by atoms with van der Waals surface area (Å²) in [6, 6.07) is 0.372. The predicted molar refractivity (Wildman–Crippen MR) is 224 cm³/mol. The molecule has 0 spiro atoms. The SMILES string of the molecule is C/C=C/[C@H](O)C(C)(C)[C@@H]1C\C=C/C=C\C=C\[C@H](C)Cc2nc(cs2)C(=O)O[C@H](C(C)(C)[C@@H](O)/C=C/C)C/C=C\[C@@H]2[C@H](/C=C/C=C\c3nc(cs3)C(=O)O1)N2C. The van der Waals surface area contributed by atoms with E-state index in [0.717, 1.165) is 5.01 Å². The number of esters is 2. The summed E-state index contributed by atoms with van der Waals surface area (Å²) in [6.07, 6.45) is 29.3. The number of aromatic nitrogens is 2. The van der Waals surface area contributed by atoms with Gasteiger partial charge in [0.25, 0.3) is 0 Å². The predicted octanol–water partition coefficient (Wildman–Crippen LogP) is 8.73. The molecule has 11 heteroatoms. The molecule has 296 valence electrons. The number of nitrogens with zero attached hydrogens (tertiary/aromatic N) is 3. The maximum Gasteiger partial charge on any atom is 0.358 e. The molecule has 0 aliphatic carbocycles. The van der Waals surface area contributed by atoms with Gasteiger partial charge in [0.1, 0.15) is 17.2 Å². The van der Waals surface area contributed by atoms with Crippen molar-refractivity contribution in [3.63, 3.8) is 0 Å². The number of likely N-dealkylation sites (N-methyl/N-ethyl adjacent to an activating group) is 1. The fraction of sp³-hybridized carbons (Fsp3) is 0.455. The summed E-state index contributed by atoms with van der Waals surface area (Å²) in [5.74, 6) is -0.870. The van der Waals surface area contributed by atoms with Gasteiger partial charge in [-0.25, -0.2) is 19.6 Å². The molecule has 4 heterocycles. The molecular formula is C44H57N3O6S2. The summed E-state index contributed by atoms with van der Waals surface area (Å²) in [4.78, 5) is 38.1. The van der Waals surface area contributed by atoms with Crippen molar-refractivity contribution >= 4 is 40.7 Å². The molecule has 0 radical (unpaired) electrons. The van der Waals surface area contributed by atoms with Crippen LogP contribution in [0.5, 0.6) is 0 Å². The zero-order chi connectivity index (χ0) is 40.2. The van der Waals surface area contributed by atoms with Gasteiger partial charge in [0.2, 0.25) is 0 Å². The van der Waals surface area contributed by atoms with Crippen LogP contribution in [-0.4, -0.2) is 80.6 Å². The zero-order valence-corrected chi connectivity index (χ0v) is 34.9. The largest absolute Gasteiger partial charge is 0.457 e. The van der Waals surface area contributed by atoms with Crippen LogP contribution < -0.4 is 0 Å². The number of ether oxygens (including phenoxy) is 2.